The third-order valence-electron chi connectivity index (χ3n) is 2.81. The summed E-state index contributed by atoms with van der Waals surface area (Å²) in [4.78, 5) is 0.398. The predicted octanol–water partition coefficient (Wildman–Crippen LogP) is 1.76. The minimum Gasteiger partial charge on any atom is -0.398 e. The molecule has 0 bridgehead atoms. The summed E-state index contributed by atoms with van der Waals surface area (Å²) < 4.78 is 24.0. The second kappa shape index (κ2) is 3.52. The van der Waals surface area contributed by atoms with Crippen molar-refractivity contribution >= 4 is 15.5 Å². The van der Waals surface area contributed by atoms with Gasteiger partial charge in [0.15, 0.2) is 9.84 Å². The molecule has 3 nitrogen and oxygen atoms in total. The van der Waals surface area contributed by atoms with Crippen LogP contribution in [-0.4, -0.2) is 14.2 Å². The highest BCUT2D eigenvalue weighted by Crippen LogP contribution is 2.33. The highest BCUT2D eigenvalue weighted by atomic mass is 32.2. The van der Waals surface area contributed by atoms with Crippen LogP contribution in [-0.2, 0) is 9.84 Å². The minimum atomic E-state index is -3.13. The lowest BCUT2D eigenvalue weighted by Gasteiger charge is -2.08. The fourth-order valence-electron chi connectivity index (χ4n) is 1.65. The van der Waals surface area contributed by atoms with E-state index in [9.17, 15) is 8.42 Å². The van der Waals surface area contributed by atoms with E-state index in [2.05, 4.69) is 0 Å². The monoisotopic (exact) mass is 225 g/mol. The SMILES string of the molecule is Cc1c(N)cccc1S(=O)(=O)CC1CC1. The average Bonchev–Trinajstić information content (AvgIpc) is 2.92. The van der Waals surface area contributed by atoms with Gasteiger partial charge in [-0.2, -0.15) is 0 Å². The quantitative estimate of drug-likeness (QED) is 0.797. The van der Waals surface area contributed by atoms with Gasteiger partial charge in [0.2, 0.25) is 0 Å². The van der Waals surface area contributed by atoms with Gasteiger partial charge in [0.1, 0.15) is 0 Å². The van der Waals surface area contributed by atoms with Crippen LogP contribution in [0.5, 0.6) is 0 Å². The largest absolute Gasteiger partial charge is 0.398 e. The van der Waals surface area contributed by atoms with Gasteiger partial charge in [-0.3, -0.25) is 0 Å². The van der Waals surface area contributed by atoms with Crippen molar-refractivity contribution in [3.63, 3.8) is 0 Å². The van der Waals surface area contributed by atoms with E-state index in [1.54, 1.807) is 25.1 Å². The number of anilines is 1. The summed E-state index contributed by atoms with van der Waals surface area (Å²) in [6, 6.07) is 5.07. The van der Waals surface area contributed by atoms with Crippen LogP contribution >= 0.6 is 0 Å². The highest BCUT2D eigenvalue weighted by Gasteiger charge is 2.29. The molecule has 0 radical (unpaired) electrons. The Balaban J connectivity index is 2.39. The van der Waals surface area contributed by atoms with E-state index in [0.29, 0.717) is 22.1 Å². The molecular weight excluding hydrogens is 210 g/mol. The first-order valence-electron chi connectivity index (χ1n) is 5.08. The number of hydrogen-bond donors (Lipinski definition) is 1. The Morgan fingerprint density at radius 1 is 1.40 bits per heavy atom. The van der Waals surface area contributed by atoms with Crippen molar-refractivity contribution < 1.29 is 8.42 Å². The fourth-order valence-corrected chi connectivity index (χ4v) is 3.66. The van der Waals surface area contributed by atoms with Gasteiger partial charge in [0.25, 0.3) is 0 Å². The van der Waals surface area contributed by atoms with Crippen LogP contribution in [0.25, 0.3) is 0 Å². The van der Waals surface area contributed by atoms with E-state index >= 15 is 0 Å². The molecule has 1 saturated carbocycles. The molecule has 0 amide bonds. The lowest BCUT2D eigenvalue weighted by Crippen LogP contribution is -2.10. The van der Waals surface area contributed by atoms with Gasteiger partial charge >= 0.3 is 0 Å². The maximum absolute atomic E-state index is 12.0. The number of rotatable bonds is 3. The van der Waals surface area contributed by atoms with Gasteiger partial charge in [0.05, 0.1) is 10.6 Å². The molecule has 1 fully saturated rings. The second-order valence-corrected chi connectivity index (χ2v) is 6.20. The molecule has 1 aromatic rings. The van der Waals surface area contributed by atoms with Crippen LogP contribution in [0, 0.1) is 12.8 Å². The summed E-state index contributed by atoms with van der Waals surface area (Å²) >= 11 is 0. The van der Waals surface area contributed by atoms with Crippen molar-refractivity contribution in [2.24, 2.45) is 5.92 Å². The smallest absolute Gasteiger partial charge is 0.178 e. The lowest BCUT2D eigenvalue weighted by atomic mass is 10.2. The van der Waals surface area contributed by atoms with E-state index < -0.39 is 9.84 Å². The molecule has 82 valence electrons. The van der Waals surface area contributed by atoms with E-state index in [4.69, 9.17) is 5.73 Å². The molecule has 0 heterocycles. The van der Waals surface area contributed by atoms with Crippen molar-refractivity contribution in [3.8, 4) is 0 Å². The standard InChI is InChI=1S/C11H15NO2S/c1-8-10(12)3-2-4-11(8)15(13,14)7-9-5-6-9/h2-4,9H,5-7,12H2,1H3. The molecule has 0 atom stereocenters. The van der Waals surface area contributed by atoms with Gasteiger partial charge < -0.3 is 5.73 Å². The summed E-state index contributed by atoms with van der Waals surface area (Å²) in [6.07, 6.45) is 2.08. The Labute approximate surface area is 90.2 Å². The first kappa shape index (κ1) is 10.5. The van der Waals surface area contributed by atoms with Gasteiger partial charge in [-0.15, -0.1) is 0 Å². The molecule has 2 rings (SSSR count). The van der Waals surface area contributed by atoms with Crippen LogP contribution in [0.15, 0.2) is 23.1 Å². The van der Waals surface area contributed by atoms with Crippen LogP contribution in [0.2, 0.25) is 0 Å². The number of hydrogen-bond acceptors (Lipinski definition) is 3. The van der Waals surface area contributed by atoms with Gasteiger partial charge in [-0.25, -0.2) is 8.42 Å². The van der Waals surface area contributed by atoms with Crippen molar-refractivity contribution in [1.29, 1.82) is 0 Å². The first-order chi connectivity index (χ1) is 7.00. The molecule has 1 aromatic carbocycles. The topological polar surface area (TPSA) is 60.2 Å². The van der Waals surface area contributed by atoms with Crippen molar-refractivity contribution in [3.05, 3.63) is 23.8 Å². The van der Waals surface area contributed by atoms with Gasteiger partial charge in [-0.05, 0) is 43.4 Å². The molecule has 15 heavy (non-hydrogen) atoms. The summed E-state index contributed by atoms with van der Waals surface area (Å²) in [5, 5.41) is 0. The van der Waals surface area contributed by atoms with E-state index in [1.165, 1.54) is 0 Å². The zero-order valence-electron chi connectivity index (χ0n) is 8.73. The first-order valence-corrected chi connectivity index (χ1v) is 6.74. The molecule has 1 aliphatic carbocycles. The molecule has 1 aliphatic rings. The lowest BCUT2D eigenvalue weighted by molar-refractivity contribution is 0.591. The Morgan fingerprint density at radius 3 is 2.67 bits per heavy atom. The zero-order valence-corrected chi connectivity index (χ0v) is 9.55. The molecule has 0 aliphatic heterocycles. The van der Waals surface area contributed by atoms with Crippen LogP contribution in [0.4, 0.5) is 5.69 Å². The Hall–Kier alpha value is -1.03. The average molecular weight is 225 g/mol. The van der Waals surface area contributed by atoms with Crippen molar-refractivity contribution in [2.75, 3.05) is 11.5 Å². The van der Waals surface area contributed by atoms with Crippen LogP contribution < -0.4 is 5.73 Å². The molecule has 0 aromatic heterocycles. The molecule has 2 N–H and O–H groups in total. The van der Waals surface area contributed by atoms with E-state index in [0.717, 1.165) is 12.8 Å². The fraction of sp³-hybridized carbons (Fsp3) is 0.455. The highest BCUT2D eigenvalue weighted by molar-refractivity contribution is 7.91. The Kier molecular flexibility index (Phi) is 2.46. The van der Waals surface area contributed by atoms with Crippen molar-refractivity contribution in [2.45, 2.75) is 24.7 Å². The minimum absolute atomic E-state index is 0.275. The third kappa shape index (κ3) is 2.15. The molecule has 0 unspecified atom stereocenters. The second-order valence-electron chi connectivity index (χ2n) is 4.20. The Morgan fingerprint density at radius 2 is 2.07 bits per heavy atom. The van der Waals surface area contributed by atoms with Crippen molar-refractivity contribution in [1.82, 2.24) is 0 Å². The number of nitrogen functional groups attached to an aromatic ring is 1. The van der Waals surface area contributed by atoms with E-state index in [1.807, 2.05) is 0 Å². The molecular formula is C11H15NO2S. The number of benzene rings is 1. The Bertz CT molecular complexity index is 475. The summed E-state index contributed by atoms with van der Waals surface area (Å²) in [6.45, 7) is 1.76. The summed E-state index contributed by atoms with van der Waals surface area (Å²) in [5.74, 6) is 0.646. The molecule has 4 heteroatoms. The van der Waals surface area contributed by atoms with Gasteiger partial charge in [-0.1, -0.05) is 6.07 Å². The van der Waals surface area contributed by atoms with Gasteiger partial charge in [0, 0.05) is 5.69 Å². The maximum atomic E-state index is 12.0. The number of nitrogens with two attached hydrogens (primary N) is 1. The molecule has 0 spiro atoms. The third-order valence-corrected chi connectivity index (χ3v) is 4.84. The predicted molar refractivity (Wildman–Crippen MR) is 60.4 cm³/mol. The maximum Gasteiger partial charge on any atom is 0.178 e. The van der Waals surface area contributed by atoms with Crippen LogP contribution in [0.1, 0.15) is 18.4 Å². The zero-order chi connectivity index (χ0) is 11.1. The van der Waals surface area contributed by atoms with Crippen LogP contribution in [0.3, 0.4) is 0 Å². The summed E-state index contributed by atoms with van der Waals surface area (Å²) in [7, 11) is -3.13. The molecule has 0 saturated heterocycles. The normalized spacial score (nSPS) is 16.6. The summed E-state index contributed by atoms with van der Waals surface area (Å²) in [5.41, 5.74) is 6.93. The number of sulfone groups is 1. The van der Waals surface area contributed by atoms with E-state index in [-0.39, 0.29) is 5.75 Å².